The van der Waals surface area contributed by atoms with Crippen LogP contribution < -0.4 is 86.7 Å². The van der Waals surface area contributed by atoms with E-state index in [1.165, 1.54) is 6.92 Å². The Hall–Kier alpha value is -8.11. The molecule has 22 N–H and O–H groups in total. The maximum atomic E-state index is 14.3. The van der Waals surface area contributed by atoms with Gasteiger partial charge in [0.2, 0.25) is 88.6 Å². The standard InChI is InChI=1S/C74H135N17O17/c1-12-17-27-55(70(78)104)85-60(97)35-50(25-20-22-32-76)83-71(105)56(28-18-13-2)86-61(98)37-52(42-92)82-65(102)40-57(45(8)14-3)87-66(103)41-79-72(106)67(44(6)7)88-63(100)38-53(43-93)81-59(96)36-51(29-30-58(77)95)84-73(107)69(47(10)16-5)90-74(108)68(46(9)15-4)89-62(99)34-49(24-19-21-31-75)80-64(101)39-54-26-23-33-91(54)48(11)94/h44-47,49-57,67-69,92-93H,12-43,75-76H2,1-11H3,(H2,77,95)(H2,78,104)(H,79,106)(H,80,101)(H,81,96)(H,82,102)(H,83,105)(H,84,107)(H,85,97)(H,86,98)(H,87,103)(H,88,100)(H,89,99)(H,90,108)/t45-,46-,47-,49-,50-,51-,52+,53+,54-,55-,56-,57+,67-,68-,69-/m0/s1. The number of aliphatic hydroxyl groups is 2. The molecule has 108 heavy (non-hydrogen) atoms. The molecule has 0 aromatic carbocycles. The first-order valence-electron chi connectivity index (χ1n) is 39.1. The number of rotatable bonds is 58. The van der Waals surface area contributed by atoms with E-state index in [-0.39, 0.29) is 68.7 Å². The molecule has 1 rings (SSSR count). The first kappa shape index (κ1) is 97.9. The SMILES string of the molecule is CCCC[C@H](NC(=O)C[C@H](CCCCN)NC(=O)[C@H](CCCC)NC(=O)C[C@H](CO)NC(=O)C[C@@H](NC(=O)CNC(=O)[C@@H](NC(=O)C[C@H](CO)NC(=O)C[C@H](CCC(N)=O)NC(=O)[C@@H](NC(=O)[C@@H](NC(=O)C[C@H](CCCCN)NC(=O)C[C@@H]1CCCN1C(C)=O)[C@@H](C)CC)[C@@H](C)CC)C(C)C)[C@@H](C)CC)C(N)=O. The summed E-state index contributed by atoms with van der Waals surface area (Å²) in [6, 6.07) is -11.3. The zero-order chi connectivity index (χ0) is 81.6. The van der Waals surface area contributed by atoms with Crippen molar-refractivity contribution < 1.29 is 82.1 Å². The summed E-state index contributed by atoms with van der Waals surface area (Å²) in [7, 11) is 0. The predicted octanol–water partition coefficient (Wildman–Crippen LogP) is -0.655. The number of hydrogen-bond donors (Lipinski definition) is 18. The molecular weight excluding hydrogens is 1400 g/mol. The third-order valence-corrected chi connectivity index (χ3v) is 19.7. The molecule has 0 spiro atoms. The monoisotopic (exact) mass is 1530 g/mol. The molecule has 1 heterocycles. The number of aliphatic hydroxyl groups excluding tert-OH is 2. The molecule has 0 unspecified atom stereocenters. The fourth-order valence-corrected chi connectivity index (χ4v) is 12.6. The van der Waals surface area contributed by atoms with Gasteiger partial charge >= 0.3 is 0 Å². The first-order chi connectivity index (χ1) is 51.1. The van der Waals surface area contributed by atoms with Crippen LogP contribution in [0.1, 0.15) is 243 Å². The largest absolute Gasteiger partial charge is 0.394 e. The van der Waals surface area contributed by atoms with Crippen LogP contribution in [-0.4, -0.2) is 216 Å². The zero-order valence-corrected chi connectivity index (χ0v) is 66.1. The zero-order valence-electron chi connectivity index (χ0n) is 66.1. The Labute approximate surface area is 638 Å². The van der Waals surface area contributed by atoms with Crippen molar-refractivity contribution in [3.8, 4) is 0 Å². The molecule has 0 aromatic rings. The number of nitrogens with two attached hydrogens (primary N) is 4. The highest BCUT2D eigenvalue weighted by molar-refractivity contribution is 5.94. The number of likely N-dealkylation sites (tertiary alicyclic amines) is 1. The number of nitrogens with zero attached hydrogens (tertiary/aromatic N) is 1. The normalized spacial score (nSPS) is 16.6. The number of carbonyl (C=O) groups excluding carboxylic acids is 15. The molecule has 15 amide bonds. The molecule has 1 aliphatic rings. The minimum atomic E-state index is -1.23. The molecule has 1 fully saturated rings. The van der Waals surface area contributed by atoms with Crippen molar-refractivity contribution in [1.82, 2.24) is 68.7 Å². The summed E-state index contributed by atoms with van der Waals surface area (Å²) in [5.74, 6) is -10.9. The van der Waals surface area contributed by atoms with E-state index in [0.717, 1.165) is 12.8 Å². The van der Waals surface area contributed by atoms with Crippen LogP contribution in [0.2, 0.25) is 0 Å². The lowest BCUT2D eigenvalue weighted by Crippen LogP contribution is -2.58. The second-order valence-corrected chi connectivity index (χ2v) is 29.4. The van der Waals surface area contributed by atoms with Crippen LogP contribution >= 0.6 is 0 Å². The number of carbonyl (C=O) groups is 15. The van der Waals surface area contributed by atoms with Crippen molar-refractivity contribution in [3.05, 3.63) is 0 Å². The van der Waals surface area contributed by atoms with E-state index in [1.807, 2.05) is 27.7 Å². The average molecular weight is 1530 g/mol. The second-order valence-electron chi connectivity index (χ2n) is 29.4. The van der Waals surface area contributed by atoms with Crippen LogP contribution in [0.15, 0.2) is 0 Å². The molecular formula is C74H135N17O17. The van der Waals surface area contributed by atoms with Gasteiger partial charge in [0.25, 0.3) is 0 Å². The van der Waals surface area contributed by atoms with Gasteiger partial charge in [0, 0.05) is 95.0 Å². The Morgan fingerprint density at radius 1 is 0.426 bits per heavy atom. The van der Waals surface area contributed by atoms with Crippen molar-refractivity contribution >= 4 is 88.6 Å². The van der Waals surface area contributed by atoms with Crippen LogP contribution in [0.5, 0.6) is 0 Å². The quantitative estimate of drug-likeness (QED) is 0.0336. The summed E-state index contributed by atoms with van der Waals surface area (Å²) in [6.45, 7) is 18.6. The molecule has 0 aliphatic carbocycles. The summed E-state index contributed by atoms with van der Waals surface area (Å²) < 4.78 is 0. The van der Waals surface area contributed by atoms with E-state index >= 15 is 0 Å². The Bertz CT molecular complexity index is 2860. The van der Waals surface area contributed by atoms with Gasteiger partial charge in [-0.25, -0.2) is 0 Å². The van der Waals surface area contributed by atoms with E-state index in [9.17, 15) is 82.1 Å². The highest BCUT2D eigenvalue weighted by atomic mass is 16.3. The Morgan fingerprint density at radius 2 is 0.852 bits per heavy atom. The average Bonchev–Trinajstić information content (AvgIpc) is 1.26. The Balaban J connectivity index is 3.10. The van der Waals surface area contributed by atoms with Crippen LogP contribution in [-0.2, 0) is 71.9 Å². The lowest BCUT2D eigenvalue weighted by Gasteiger charge is -2.30. The molecule has 15 atom stereocenters. The van der Waals surface area contributed by atoms with Gasteiger partial charge in [-0.1, -0.05) is 127 Å². The Morgan fingerprint density at radius 3 is 1.32 bits per heavy atom. The Kier molecular flexibility index (Phi) is 49.4. The lowest BCUT2D eigenvalue weighted by molar-refractivity contribution is -0.134. The van der Waals surface area contributed by atoms with Crippen LogP contribution in [0.4, 0.5) is 0 Å². The number of nitrogens with one attached hydrogen (secondary N) is 12. The summed E-state index contributed by atoms with van der Waals surface area (Å²) in [4.78, 5) is 202. The third-order valence-electron chi connectivity index (χ3n) is 19.7. The van der Waals surface area contributed by atoms with Gasteiger partial charge in [0.05, 0.1) is 31.8 Å². The lowest BCUT2D eigenvalue weighted by atomic mass is 9.94. The fraction of sp³-hybridized carbons (Fsp3) is 0.797. The van der Waals surface area contributed by atoms with Crippen molar-refractivity contribution in [2.75, 3.05) is 39.4 Å². The van der Waals surface area contributed by atoms with Crippen LogP contribution in [0.25, 0.3) is 0 Å². The molecule has 0 bridgehead atoms. The molecule has 0 saturated carbocycles. The van der Waals surface area contributed by atoms with Crippen LogP contribution in [0.3, 0.4) is 0 Å². The van der Waals surface area contributed by atoms with E-state index < -0.39 is 200 Å². The van der Waals surface area contributed by atoms with Crippen molar-refractivity contribution in [2.45, 2.75) is 316 Å². The minimum Gasteiger partial charge on any atom is -0.394 e. The molecule has 34 heteroatoms. The summed E-state index contributed by atoms with van der Waals surface area (Å²) in [5.41, 5.74) is 22.5. The maximum absolute atomic E-state index is 14.3. The van der Waals surface area contributed by atoms with E-state index in [4.69, 9.17) is 22.9 Å². The van der Waals surface area contributed by atoms with Gasteiger partial charge in [0.1, 0.15) is 30.2 Å². The number of unbranched alkanes of at least 4 members (excludes halogenated alkanes) is 4. The van der Waals surface area contributed by atoms with Gasteiger partial charge in [-0.2, -0.15) is 0 Å². The van der Waals surface area contributed by atoms with Gasteiger partial charge < -0.3 is 102 Å². The van der Waals surface area contributed by atoms with Crippen molar-refractivity contribution in [1.29, 1.82) is 0 Å². The van der Waals surface area contributed by atoms with Gasteiger partial charge in [-0.05, 0) is 94.5 Å². The minimum absolute atomic E-state index is 0.0739. The number of primary amides is 2. The van der Waals surface area contributed by atoms with Crippen molar-refractivity contribution in [3.63, 3.8) is 0 Å². The molecule has 1 saturated heterocycles. The molecule has 1 aliphatic heterocycles. The first-order valence-corrected chi connectivity index (χ1v) is 39.1. The highest BCUT2D eigenvalue weighted by Gasteiger charge is 2.37. The summed E-state index contributed by atoms with van der Waals surface area (Å²) in [6.07, 6.45) is 6.87. The molecule has 34 nitrogen and oxygen atoms in total. The smallest absolute Gasteiger partial charge is 0.243 e. The summed E-state index contributed by atoms with van der Waals surface area (Å²) in [5, 5.41) is 53.4. The third kappa shape index (κ3) is 39.8. The van der Waals surface area contributed by atoms with E-state index in [0.29, 0.717) is 110 Å². The summed E-state index contributed by atoms with van der Waals surface area (Å²) >= 11 is 0. The number of amides is 15. The van der Waals surface area contributed by atoms with Crippen LogP contribution in [0, 0.1) is 23.7 Å². The fourth-order valence-electron chi connectivity index (χ4n) is 12.6. The molecule has 0 aromatic heterocycles. The van der Waals surface area contributed by atoms with Gasteiger partial charge in [0.15, 0.2) is 0 Å². The van der Waals surface area contributed by atoms with Gasteiger partial charge in [-0.3, -0.25) is 71.9 Å². The highest BCUT2D eigenvalue weighted by Crippen LogP contribution is 2.22. The predicted molar refractivity (Wildman–Crippen MR) is 407 cm³/mol. The number of hydrogen-bond acceptors (Lipinski definition) is 19. The van der Waals surface area contributed by atoms with Gasteiger partial charge in [-0.15, -0.1) is 0 Å². The molecule has 0 radical (unpaired) electrons. The van der Waals surface area contributed by atoms with E-state index in [1.54, 1.807) is 46.4 Å². The topological polar surface area (TPSA) is 548 Å². The van der Waals surface area contributed by atoms with Crippen molar-refractivity contribution in [2.24, 2.45) is 46.6 Å². The molecule has 618 valence electrons. The maximum Gasteiger partial charge on any atom is 0.243 e. The van der Waals surface area contributed by atoms with E-state index in [2.05, 4.69) is 63.8 Å². The second kappa shape index (κ2) is 54.5.